The zero-order valence-electron chi connectivity index (χ0n) is 11.1. The first-order valence-electron chi connectivity index (χ1n) is 5.96. The second-order valence-electron chi connectivity index (χ2n) is 3.95. The zero-order valence-corrected chi connectivity index (χ0v) is 12.0. The number of hydrogen-bond donors (Lipinski definition) is 4. The minimum Gasteiger partial charge on any atom is -0.480 e. The lowest BCUT2D eigenvalue weighted by atomic mass is 10.1. The van der Waals surface area contributed by atoms with E-state index >= 15 is 0 Å². The fourth-order valence-electron chi connectivity index (χ4n) is 1.32. The highest BCUT2D eigenvalue weighted by molar-refractivity contribution is 7.98. The van der Waals surface area contributed by atoms with Gasteiger partial charge in [0.15, 0.2) is 0 Å². The smallest absolute Gasteiger partial charge is 0.320 e. The van der Waals surface area contributed by atoms with Crippen LogP contribution in [0.25, 0.3) is 0 Å². The number of thioether (sulfide) groups is 1. The molecule has 0 aromatic rings. The molecule has 2 unspecified atom stereocenters. The molecule has 0 aliphatic rings. The second kappa shape index (κ2) is 9.62. The Kier molecular flexibility index (Phi) is 8.98. The second-order valence-corrected chi connectivity index (χ2v) is 4.86. The van der Waals surface area contributed by atoms with Gasteiger partial charge in [0.05, 0.1) is 0 Å². The van der Waals surface area contributed by atoms with Crippen molar-refractivity contribution in [3.63, 3.8) is 0 Å². The largest absolute Gasteiger partial charge is 0.480 e. The standard InChI is InChI=1S/C11H21N3O4S/c1-3-13-10(16)8(6-19-2)14-9(15)5-4-7(12)11(17)18/h7-8H,3-6,12H2,1-2H3,(H,13,16)(H,14,15)(H,17,18). The van der Waals surface area contributed by atoms with E-state index in [1.807, 2.05) is 6.26 Å². The fourth-order valence-corrected chi connectivity index (χ4v) is 1.89. The minimum absolute atomic E-state index is 0.0161. The fraction of sp³-hybridized carbons (Fsp3) is 0.727. The molecule has 7 nitrogen and oxygen atoms in total. The number of hydrogen-bond acceptors (Lipinski definition) is 5. The first kappa shape index (κ1) is 17.7. The van der Waals surface area contributed by atoms with Crippen molar-refractivity contribution in [1.82, 2.24) is 10.6 Å². The van der Waals surface area contributed by atoms with Gasteiger partial charge < -0.3 is 21.5 Å². The Morgan fingerprint density at radius 1 is 1.37 bits per heavy atom. The Morgan fingerprint density at radius 2 is 2.00 bits per heavy atom. The summed E-state index contributed by atoms with van der Waals surface area (Å²) in [5, 5.41) is 13.8. The lowest BCUT2D eigenvalue weighted by Crippen LogP contribution is -2.48. The molecule has 0 aliphatic heterocycles. The van der Waals surface area contributed by atoms with Crippen LogP contribution in [0.2, 0.25) is 0 Å². The molecule has 0 spiro atoms. The van der Waals surface area contributed by atoms with E-state index in [0.29, 0.717) is 12.3 Å². The SMILES string of the molecule is CCNC(=O)C(CSC)NC(=O)CCC(N)C(=O)O. The molecule has 19 heavy (non-hydrogen) atoms. The van der Waals surface area contributed by atoms with Gasteiger partial charge in [0.1, 0.15) is 12.1 Å². The van der Waals surface area contributed by atoms with Crippen LogP contribution in [0.4, 0.5) is 0 Å². The molecule has 0 radical (unpaired) electrons. The maximum Gasteiger partial charge on any atom is 0.320 e. The molecule has 8 heteroatoms. The van der Waals surface area contributed by atoms with Crippen LogP contribution in [0, 0.1) is 0 Å². The lowest BCUT2D eigenvalue weighted by Gasteiger charge is -2.17. The molecule has 0 saturated carbocycles. The average Bonchev–Trinajstić information content (AvgIpc) is 2.35. The average molecular weight is 291 g/mol. The van der Waals surface area contributed by atoms with Crippen LogP contribution in [0.1, 0.15) is 19.8 Å². The normalized spacial score (nSPS) is 13.4. The summed E-state index contributed by atoms with van der Waals surface area (Å²) < 4.78 is 0. The number of carboxylic acid groups (broad SMARTS) is 1. The van der Waals surface area contributed by atoms with E-state index in [1.54, 1.807) is 6.92 Å². The maximum absolute atomic E-state index is 11.7. The van der Waals surface area contributed by atoms with Crippen LogP contribution in [0.3, 0.4) is 0 Å². The van der Waals surface area contributed by atoms with Gasteiger partial charge in [-0.2, -0.15) is 11.8 Å². The highest BCUT2D eigenvalue weighted by Crippen LogP contribution is 2.00. The highest BCUT2D eigenvalue weighted by atomic mass is 32.2. The molecule has 0 saturated heterocycles. The van der Waals surface area contributed by atoms with Crippen LogP contribution >= 0.6 is 11.8 Å². The quantitative estimate of drug-likeness (QED) is 0.439. The van der Waals surface area contributed by atoms with Crippen molar-refractivity contribution in [3.8, 4) is 0 Å². The van der Waals surface area contributed by atoms with Crippen LogP contribution in [-0.4, -0.2) is 53.5 Å². The molecule has 0 heterocycles. The Labute approximate surface area is 116 Å². The van der Waals surface area contributed by atoms with E-state index in [0.717, 1.165) is 0 Å². The Bertz CT molecular complexity index is 325. The van der Waals surface area contributed by atoms with Gasteiger partial charge in [-0.05, 0) is 19.6 Å². The highest BCUT2D eigenvalue weighted by Gasteiger charge is 2.20. The maximum atomic E-state index is 11.7. The predicted molar refractivity (Wildman–Crippen MR) is 73.8 cm³/mol. The summed E-state index contributed by atoms with van der Waals surface area (Å²) in [4.78, 5) is 33.8. The third-order valence-corrected chi connectivity index (χ3v) is 3.00. The third-order valence-electron chi connectivity index (χ3n) is 2.34. The lowest BCUT2D eigenvalue weighted by molar-refractivity contribution is -0.138. The van der Waals surface area contributed by atoms with Crippen molar-refractivity contribution in [1.29, 1.82) is 0 Å². The van der Waals surface area contributed by atoms with E-state index in [2.05, 4.69) is 10.6 Å². The number of amides is 2. The number of nitrogens with one attached hydrogen (secondary N) is 2. The van der Waals surface area contributed by atoms with Gasteiger partial charge in [0.2, 0.25) is 11.8 Å². The van der Waals surface area contributed by atoms with Crippen molar-refractivity contribution in [2.45, 2.75) is 31.8 Å². The number of rotatable bonds is 9. The summed E-state index contributed by atoms with van der Waals surface area (Å²) in [5.41, 5.74) is 5.30. The van der Waals surface area contributed by atoms with E-state index < -0.39 is 18.1 Å². The van der Waals surface area contributed by atoms with Crippen LogP contribution < -0.4 is 16.4 Å². The molecular weight excluding hydrogens is 270 g/mol. The first-order chi connectivity index (χ1) is 8.92. The van der Waals surface area contributed by atoms with Gasteiger partial charge in [0.25, 0.3) is 0 Å². The molecule has 0 rings (SSSR count). The topological polar surface area (TPSA) is 122 Å². The molecule has 0 aliphatic carbocycles. The molecular formula is C11H21N3O4S. The number of carbonyl (C=O) groups is 3. The molecule has 110 valence electrons. The molecule has 5 N–H and O–H groups in total. The van der Waals surface area contributed by atoms with Crippen molar-refractivity contribution >= 4 is 29.5 Å². The summed E-state index contributed by atoms with van der Waals surface area (Å²) >= 11 is 1.44. The van der Waals surface area contributed by atoms with E-state index in [9.17, 15) is 14.4 Å². The van der Waals surface area contributed by atoms with Crippen LogP contribution in [0.15, 0.2) is 0 Å². The molecule has 0 aromatic carbocycles. The number of likely N-dealkylation sites (N-methyl/N-ethyl adjacent to an activating group) is 1. The number of aliphatic carboxylic acids is 1. The molecule has 2 amide bonds. The number of carboxylic acids is 1. The summed E-state index contributed by atoms with van der Waals surface area (Å²) in [6, 6.07) is -1.67. The summed E-state index contributed by atoms with van der Waals surface area (Å²) in [7, 11) is 0. The molecule has 0 aromatic heterocycles. The van der Waals surface area contributed by atoms with Crippen molar-refractivity contribution in [2.75, 3.05) is 18.6 Å². The van der Waals surface area contributed by atoms with E-state index in [1.165, 1.54) is 11.8 Å². The Morgan fingerprint density at radius 3 is 2.47 bits per heavy atom. The Hall–Kier alpha value is -1.28. The van der Waals surface area contributed by atoms with E-state index in [4.69, 9.17) is 10.8 Å². The van der Waals surface area contributed by atoms with Gasteiger partial charge in [-0.25, -0.2) is 0 Å². The van der Waals surface area contributed by atoms with Crippen molar-refractivity contribution in [2.24, 2.45) is 5.73 Å². The minimum atomic E-state index is -1.14. The zero-order chi connectivity index (χ0) is 14.8. The monoisotopic (exact) mass is 291 g/mol. The summed E-state index contributed by atoms with van der Waals surface area (Å²) in [5.74, 6) is -1.30. The van der Waals surface area contributed by atoms with E-state index in [-0.39, 0.29) is 24.7 Å². The van der Waals surface area contributed by atoms with Crippen molar-refractivity contribution in [3.05, 3.63) is 0 Å². The van der Waals surface area contributed by atoms with Gasteiger partial charge >= 0.3 is 5.97 Å². The van der Waals surface area contributed by atoms with Gasteiger partial charge in [-0.1, -0.05) is 0 Å². The summed E-state index contributed by atoms with van der Waals surface area (Å²) in [6.45, 7) is 2.28. The van der Waals surface area contributed by atoms with Crippen molar-refractivity contribution < 1.29 is 19.5 Å². The molecule has 0 bridgehead atoms. The third kappa shape index (κ3) is 7.68. The predicted octanol–water partition coefficient (Wildman–Crippen LogP) is -0.838. The molecule has 2 atom stereocenters. The van der Waals surface area contributed by atoms with Crippen LogP contribution in [0.5, 0.6) is 0 Å². The number of carbonyl (C=O) groups excluding carboxylic acids is 2. The molecule has 0 fully saturated rings. The Balaban J connectivity index is 4.23. The first-order valence-corrected chi connectivity index (χ1v) is 7.36. The summed E-state index contributed by atoms with van der Waals surface area (Å²) in [6.07, 6.45) is 1.86. The van der Waals surface area contributed by atoms with Gasteiger partial charge in [0, 0.05) is 18.7 Å². The number of nitrogens with two attached hydrogens (primary N) is 1. The van der Waals surface area contributed by atoms with Gasteiger partial charge in [-0.3, -0.25) is 14.4 Å². The van der Waals surface area contributed by atoms with Gasteiger partial charge in [-0.15, -0.1) is 0 Å². The van der Waals surface area contributed by atoms with Crippen LogP contribution in [-0.2, 0) is 14.4 Å².